The van der Waals surface area contributed by atoms with Gasteiger partial charge in [0.1, 0.15) is 5.75 Å². The summed E-state index contributed by atoms with van der Waals surface area (Å²) in [5.74, 6) is 8.55. The smallest absolute Gasteiger partial charge is 0.136 e. The van der Waals surface area contributed by atoms with Gasteiger partial charge >= 0.3 is 0 Å². The number of rotatable bonds is 6. The maximum Gasteiger partial charge on any atom is 0.136 e. The summed E-state index contributed by atoms with van der Waals surface area (Å²) in [5, 5.41) is 0. The molecule has 0 bridgehead atoms. The average molecular weight is 441 g/mol. The van der Waals surface area contributed by atoms with Crippen LogP contribution < -0.4 is 4.74 Å². The van der Waals surface area contributed by atoms with Gasteiger partial charge in [0.05, 0.1) is 11.1 Å². The average Bonchev–Trinajstić information content (AvgIpc) is 2.69. The first-order chi connectivity index (χ1) is 13.5. The fourth-order valence-corrected chi connectivity index (χ4v) is 4.29. The lowest BCUT2D eigenvalue weighted by molar-refractivity contribution is 0.191. The van der Waals surface area contributed by atoms with Gasteiger partial charge in [-0.15, -0.1) is 17.6 Å². The third-order valence-electron chi connectivity index (χ3n) is 5.69. The zero-order valence-corrected chi connectivity index (χ0v) is 19.6. The van der Waals surface area contributed by atoms with Crippen molar-refractivity contribution in [3.63, 3.8) is 0 Å². The molecule has 28 heavy (non-hydrogen) atoms. The first-order valence-corrected chi connectivity index (χ1v) is 11.2. The molecule has 0 heterocycles. The van der Waals surface area contributed by atoms with Gasteiger partial charge in [-0.3, -0.25) is 0 Å². The van der Waals surface area contributed by atoms with Gasteiger partial charge in [-0.25, -0.2) is 0 Å². The minimum atomic E-state index is 0.545. The topological polar surface area (TPSA) is 9.23 Å². The maximum absolute atomic E-state index is 6.29. The highest BCUT2D eigenvalue weighted by Gasteiger charge is 2.22. The van der Waals surface area contributed by atoms with E-state index in [2.05, 4.69) is 73.3 Å². The second-order valence-corrected chi connectivity index (χ2v) is 8.66. The lowest BCUT2D eigenvalue weighted by atomic mass is 9.82. The van der Waals surface area contributed by atoms with Crippen LogP contribution in [0, 0.1) is 37.5 Å². The normalized spacial score (nSPS) is 19.3. The number of hydrogen-bond acceptors (Lipinski definition) is 1. The van der Waals surface area contributed by atoms with Gasteiger partial charge in [-0.05, 0) is 110 Å². The lowest BCUT2D eigenvalue weighted by Crippen LogP contribution is -2.20. The number of hydrogen-bond donors (Lipinski definition) is 0. The van der Waals surface area contributed by atoms with E-state index in [1.165, 1.54) is 41.5 Å². The number of ether oxygens (including phenoxy) is 1. The van der Waals surface area contributed by atoms with Crippen molar-refractivity contribution in [1.29, 1.82) is 0 Å². The van der Waals surface area contributed by atoms with E-state index >= 15 is 0 Å². The molecule has 2 heteroatoms. The summed E-state index contributed by atoms with van der Waals surface area (Å²) in [6.45, 7) is 11.3. The summed E-state index contributed by atoms with van der Waals surface area (Å²) in [7, 11) is 0. The Morgan fingerprint density at radius 3 is 2.79 bits per heavy atom. The summed E-state index contributed by atoms with van der Waals surface area (Å²) in [5.41, 5.74) is 8.25. The number of allylic oxidation sites excluding steroid dienone is 3. The van der Waals surface area contributed by atoms with Crippen molar-refractivity contribution in [2.75, 3.05) is 6.61 Å². The molecule has 2 atom stereocenters. The first-order valence-electron chi connectivity index (χ1n) is 10.4. The summed E-state index contributed by atoms with van der Waals surface area (Å²) in [4.78, 5) is 0. The van der Waals surface area contributed by atoms with Crippen molar-refractivity contribution < 1.29 is 4.74 Å². The molecule has 1 aliphatic carbocycles. The molecule has 2 rings (SSSR count). The molecule has 1 aromatic carbocycles. The number of benzene rings is 1. The van der Waals surface area contributed by atoms with Crippen LogP contribution in [0.1, 0.15) is 69.6 Å². The molecule has 0 radical (unpaired) electrons. The van der Waals surface area contributed by atoms with Gasteiger partial charge < -0.3 is 4.74 Å². The van der Waals surface area contributed by atoms with Crippen LogP contribution >= 0.6 is 15.9 Å². The minimum Gasteiger partial charge on any atom is -0.492 e. The Morgan fingerprint density at radius 1 is 1.29 bits per heavy atom. The molecular weight excluding hydrogens is 408 g/mol. The third kappa shape index (κ3) is 6.44. The Hall–Kier alpha value is -1.68. The molecular formula is C26H33BrO. The molecule has 0 saturated heterocycles. The molecule has 1 nitrogen and oxygen atoms in total. The van der Waals surface area contributed by atoms with Crippen molar-refractivity contribution in [2.45, 2.75) is 66.7 Å². The molecule has 0 amide bonds. The highest BCUT2D eigenvalue weighted by molar-refractivity contribution is 9.10. The van der Waals surface area contributed by atoms with E-state index in [0.29, 0.717) is 11.8 Å². The summed E-state index contributed by atoms with van der Waals surface area (Å²) < 4.78 is 7.31. The Morgan fingerprint density at radius 2 is 2.07 bits per heavy atom. The highest BCUT2D eigenvalue weighted by Crippen LogP contribution is 2.36. The molecule has 0 aromatic heterocycles. The van der Waals surface area contributed by atoms with Crippen LogP contribution in [0.5, 0.6) is 5.75 Å². The number of halogens is 1. The first kappa shape index (κ1) is 22.6. The lowest BCUT2D eigenvalue weighted by Gasteiger charge is -2.27. The van der Waals surface area contributed by atoms with Crippen LogP contribution in [0.3, 0.4) is 0 Å². The second kappa shape index (κ2) is 11.4. The van der Waals surface area contributed by atoms with Crippen LogP contribution in [0.25, 0.3) is 6.08 Å². The summed E-state index contributed by atoms with van der Waals surface area (Å²) in [6, 6.07) is 2.14. The van der Waals surface area contributed by atoms with Gasteiger partial charge in [-0.1, -0.05) is 25.0 Å². The van der Waals surface area contributed by atoms with Crippen molar-refractivity contribution in [2.24, 2.45) is 11.8 Å². The maximum atomic E-state index is 6.29. The van der Waals surface area contributed by atoms with E-state index < -0.39 is 0 Å². The fourth-order valence-electron chi connectivity index (χ4n) is 3.63. The van der Waals surface area contributed by atoms with E-state index in [-0.39, 0.29) is 0 Å². The third-order valence-corrected chi connectivity index (χ3v) is 6.28. The fraction of sp³-hybridized carbons (Fsp3) is 0.500. The van der Waals surface area contributed by atoms with E-state index in [1.807, 2.05) is 19.1 Å². The second-order valence-electron chi connectivity index (χ2n) is 7.81. The largest absolute Gasteiger partial charge is 0.492 e. The zero-order chi connectivity index (χ0) is 20.5. The van der Waals surface area contributed by atoms with Crippen molar-refractivity contribution in [1.82, 2.24) is 0 Å². The highest BCUT2D eigenvalue weighted by atomic mass is 79.9. The van der Waals surface area contributed by atoms with E-state index in [9.17, 15) is 0 Å². The van der Waals surface area contributed by atoms with Crippen LogP contribution in [-0.4, -0.2) is 6.61 Å². The molecule has 2 unspecified atom stereocenters. The summed E-state index contributed by atoms with van der Waals surface area (Å²) in [6.07, 6.45) is 12.1. The predicted octanol–water partition coefficient (Wildman–Crippen LogP) is 7.80. The van der Waals surface area contributed by atoms with Crippen molar-refractivity contribution in [3.8, 4) is 17.6 Å². The minimum absolute atomic E-state index is 0.545. The monoisotopic (exact) mass is 440 g/mol. The summed E-state index contributed by atoms with van der Waals surface area (Å²) >= 11 is 3.72. The van der Waals surface area contributed by atoms with Gasteiger partial charge in [0, 0.05) is 5.92 Å². The SMILES string of the molecule is CC#CC1CCCC(COc2c(Br)cc(C=C=CC=C(C)CC)c(C)c2C)C1. The van der Waals surface area contributed by atoms with E-state index in [4.69, 9.17) is 4.74 Å². The van der Waals surface area contributed by atoms with Gasteiger partial charge in [0.2, 0.25) is 0 Å². The molecule has 0 spiro atoms. The zero-order valence-electron chi connectivity index (χ0n) is 18.0. The molecule has 1 aliphatic rings. The molecule has 150 valence electrons. The van der Waals surface area contributed by atoms with Gasteiger partial charge in [-0.2, -0.15) is 0 Å². The van der Waals surface area contributed by atoms with Crippen molar-refractivity contribution >= 4 is 22.0 Å². The Balaban J connectivity index is 2.11. The van der Waals surface area contributed by atoms with E-state index in [1.54, 1.807) is 0 Å². The van der Waals surface area contributed by atoms with Crippen LogP contribution in [0.15, 0.2) is 34.0 Å². The quantitative estimate of drug-likeness (QED) is 0.249. The van der Waals surface area contributed by atoms with Crippen LogP contribution in [0.4, 0.5) is 0 Å². The van der Waals surface area contributed by atoms with Gasteiger partial charge in [0.25, 0.3) is 0 Å². The Bertz CT molecular complexity index is 828. The molecule has 1 fully saturated rings. The molecule has 0 aliphatic heterocycles. The van der Waals surface area contributed by atoms with Crippen LogP contribution in [0.2, 0.25) is 0 Å². The molecule has 0 N–H and O–H groups in total. The molecule has 1 aromatic rings. The van der Waals surface area contributed by atoms with Crippen molar-refractivity contribution in [3.05, 3.63) is 50.7 Å². The standard InChI is InChI=1S/C26H33BrO/c1-6-11-22-13-10-14-23(16-22)18-28-26-21(5)20(4)24(17-25(26)27)15-9-8-12-19(3)7-2/h8,12,15,17,22-23H,7,10,13-14,16,18H2,1-5H3. The Kier molecular flexibility index (Phi) is 9.17. The Labute approximate surface area is 180 Å². The van der Waals surface area contributed by atoms with Gasteiger partial charge in [0.15, 0.2) is 0 Å². The molecule has 1 saturated carbocycles. The predicted molar refractivity (Wildman–Crippen MR) is 125 cm³/mol. The van der Waals surface area contributed by atoms with Crippen LogP contribution in [-0.2, 0) is 0 Å². The van der Waals surface area contributed by atoms with E-state index in [0.717, 1.165) is 29.7 Å².